The van der Waals surface area contributed by atoms with E-state index in [1.54, 1.807) is 5.57 Å². The number of likely N-dealkylation sites (N-methyl/N-ethyl adjacent to an activating group) is 2. The third-order valence-corrected chi connectivity index (χ3v) is 3.83. The van der Waals surface area contributed by atoms with Gasteiger partial charge in [-0.25, -0.2) is 0 Å². The van der Waals surface area contributed by atoms with E-state index < -0.39 is 0 Å². The Morgan fingerprint density at radius 2 is 2.25 bits per heavy atom. The molecule has 1 aliphatic carbocycles. The molecule has 1 aliphatic heterocycles. The van der Waals surface area contributed by atoms with Crippen LogP contribution in [-0.4, -0.2) is 43.0 Å². The summed E-state index contributed by atoms with van der Waals surface area (Å²) in [6, 6.07) is 0.730. The zero-order valence-electron chi connectivity index (χ0n) is 10.9. The smallest absolute Gasteiger partial charge is 0.0320 e. The average Bonchev–Trinajstić information content (AvgIpc) is 2.77. The SMILES string of the molecule is CCN1CCCC1C1=CC(N(C)C)=CCC1. The molecule has 0 bridgehead atoms. The molecule has 0 aromatic heterocycles. The Kier molecular flexibility index (Phi) is 3.70. The largest absolute Gasteiger partial charge is 0.378 e. The molecule has 16 heavy (non-hydrogen) atoms. The summed E-state index contributed by atoms with van der Waals surface area (Å²) in [6.45, 7) is 4.77. The molecule has 0 saturated carbocycles. The first-order chi connectivity index (χ1) is 7.72. The van der Waals surface area contributed by atoms with Gasteiger partial charge < -0.3 is 4.90 Å². The van der Waals surface area contributed by atoms with Crippen molar-refractivity contribution in [1.82, 2.24) is 9.80 Å². The van der Waals surface area contributed by atoms with Gasteiger partial charge in [0.25, 0.3) is 0 Å². The van der Waals surface area contributed by atoms with E-state index in [9.17, 15) is 0 Å². The van der Waals surface area contributed by atoms with E-state index >= 15 is 0 Å². The highest BCUT2D eigenvalue weighted by atomic mass is 15.2. The summed E-state index contributed by atoms with van der Waals surface area (Å²) in [7, 11) is 4.27. The fourth-order valence-electron chi connectivity index (χ4n) is 2.91. The van der Waals surface area contributed by atoms with Gasteiger partial charge in [0.1, 0.15) is 0 Å². The summed E-state index contributed by atoms with van der Waals surface area (Å²) in [5.74, 6) is 0. The van der Waals surface area contributed by atoms with E-state index in [0.29, 0.717) is 0 Å². The maximum Gasteiger partial charge on any atom is 0.0320 e. The van der Waals surface area contributed by atoms with Crippen LogP contribution in [0.5, 0.6) is 0 Å². The van der Waals surface area contributed by atoms with Gasteiger partial charge in [-0.1, -0.05) is 18.6 Å². The lowest BCUT2D eigenvalue weighted by atomic mass is 9.94. The minimum Gasteiger partial charge on any atom is -0.378 e. The Morgan fingerprint density at radius 1 is 1.44 bits per heavy atom. The molecular weight excluding hydrogens is 196 g/mol. The van der Waals surface area contributed by atoms with Crippen molar-refractivity contribution in [1.29, 1.82) is 0 Å². The van der Waals surface area contributed by atoms with Crippen LogP contribution in [-0.2, 0) is 0 Å². The van der Waals surface area contributed by atoms with Crippen LogP contribution in [0.4, 0.5) is 0 Å². The molecule has 2 rings (SSSR count). The normalized spacial score (nSPS) is 26.6. The van der Waals surface area contributed by atoms with Crippen molar-refractivity contribution >= 4 is 0 Å². The van der Waals surface area contributed by atoms with Gasteiger partial charge in [0.05, 0.1) is 0 Å². The molecule has 1 atom stereocenters. The molecular formula is C14H24N2. The molecule has 1 saturated heterocycles. The summed E-state index contributed by atoms with van der Waals surface area (Å²) in [5, 5.41) is 0. The molecule has 1 unspecified atom stereocenters. The molecule has 0 spiro atoms. The predicted octanol–water partition coefficient (Wildman–Crippen LogP) is 2.64. The second-order valence-corrected chi connectivity index (χ2v) is 5.07. The van der Waals surface area contributed by atoms with Gasteiger partial charge >= 0.3 is 0 Å². The Hall–Kier alpha value is -0.760. The molecule has 90 valence electrons. The quantitative estimate of drug-likeness (QED) is 0.721. The summed E-state index contributed by atoms with van der Waals surface area (Å²) in [4.78, 5) is 4.86. The van der Waals surface area contributed by atoms with Crippen LogP contribution < -0.4 is 0 Å². The van der Waals surface area contributed by atoms with Gasteiger partial charge in [0.15, 0.2) is 0 Å². The standard InChI is InChI=1S/C14H24N2/c1-4-16-10-6-9-14(16)12-7-5-8-13(11-12)15(2)3/h8,11,14H,4-7,9-10H2,1-3H3. The Morgan fingerprint density at radius 3 is 2.94 bits per heavy atom. The van der Waals surface area contributed by atoms with Crippen LogP contribution in [0.1, 0.15) is 32.6 Å². The van der Waals surface area contributed by atoms with E-state index in [-0.39, 0.29) is 0 Å². The highest BCUT2D eigenvalue weighted by molar-refractivity contribution is 5.30. The first-order valence-electron chi connectivity index (χ1n) is 6.54. The number of likely N-dealkylation sites (tertiary alicyclic amines) is 1. The second-order valence-electron chi connectivity index (χ2n) is 5.07. The predicted molar refractivity (Wildman–Crippen MR) is 69.4 cm³/mol. The van der Waals surface area contributed by atoms with Crippen LogP contribution in [0.2, 0.25) is 0 Å². The molecule has 1 heterocycles. The van der Waals surface area contributed by atoms with Gasteiger partial charge in [0, 0.05) is 25.8 Å². The lowest BCUT2D eigenvalue weighted by molar-refractivity contribution is 0.291. The van der Waals surface area contributed by atoms with Gasteiger partial charge in [-0.15, -0.1) is 0 Å². The topological polar surface area (TPSA) is 6.48 Å². The third-order valence-electron chi connectivity index (χ3n) is 3.83. The zero-order valence-corrected chi connectivity index (χ0v) is 10.9. The molecule has 0 N–H and O–H groups in total. The summed E-state index contributed by atoms with van der Waals surface area (Å²) in [5.41, 5.74) is 3.05. The number of hydrogen-bond acceptors (Lipinski definition) is 2. The first kappa shape index (κ1) is 11.7. The van der Waals surface area contributed by atoms with E-state index in [1.165, 1.54) is 44.5 Å². The van der Waals surface area contributed by atoms with E-state index in [2.05, 4.69) is 43.0 Å². The van der Waals surface area contributed by atoms with Gasteiger partial charge in [-0.05, 0) is 44.8 Å². The lowest BCUT2D eigenvalue weighted by Crippen LogP contribution is -2.31. The fourth-order valence-corrected chi connectivity index (χ4v) is 2.91. The summed E-state index contributed by atoms with van der Waals surface area (Å²) in [6.07, 6.45) is 9.99. The Balaban J connectivity index is 2.12. The maximum absolute atomic E-state index is 2.63. The summed E-state index contributed by atoms with van der Waals surface area (Å²) >= 11 is 0. The fraction of sp³-hybridized carbons (Fsp3) is 0.714. The lowest BCUT2D eigenvalue weighted by Gasteiger charge is -2.28. The third kappa shape index (κ3) is 2.32. The average molecular weight is 220 g/mol. The van der Waals surface area contributed by atoms with Crippen molar-refractivity contribution in [2.24, 2.45) is 0 Å². The van der Waals surface area contributed by atoms with Crippen LogP contribution in [0, 0.1) is 0 Å². The van der Waals surface area contributed by atoms with E-state index in [0.717, 1.165) is 6.04 Å². The maximum atomic E-state index is 2.63. The molecule has 0 aromatic carbocycles. The van der Waals surface area contributed by atoms with Crippen molar-refractivity contribution in [3.05, 3.63) is 23.4 Å². The van der Waals surface area contributed by atoms with Gasteiger partial charge in [0.2, 0.25) is 0 Å². The highest BCUT2D eigenvalue weighted by Gasteiger charge is 2.26. The Labute approximate surface area is 99.6 Å². The molecule has 0 aromatic rings. The minimum atomic E-state index is 0.730. The van der Waals surface area contributed by atoms with Crippen molar-refractivity contribution in [3.8, 4) is 0 Å². The highest BCUT2D eigenvalue weighted by Crippen LogP contribution is 2.30. The molecule has 2 aliphatic rings. The molecule has 0 radical (unpaired) electrons. The number of hydrogen-bond donors (Lipinski definition) is 0. The minimum absolute atomic E-state index is 0.730. The number of rotatable bonds is 3. The van der Waals surface area contributed by atoms with Crippen LogP contribution >= 0.6 is 0 Å². The van der Waals surface area contributed by atoms with Crippen LogP contribution in [0.25, 0.3) is 0 Å². The first-order valence-corrected chi connectivity index (χ1v) is 6.54. The van der Waals surface area contributed by atoms with E-state index in [1.807, 2.05) is 0 Å². The van der Waals surface area contributed by atoms with Gasteiger partial charge in [-0.2, -0.15) is 0 Å². The van der Waals surface area contributed by atoms with E-state index in [4.69, 9.17) is 0 Å². The van der Waals surface area contributed by atoms with Crippen molar-refractivity contribution < 1.29 is 0 Å². The van der Waals surface area contributed by atoms with Crippen LogP contribution in [0.3, 0.4) is 0 Å². The van der Waals surface area contributed by atoms with Crippen LogP contribution in [0.15, 0.2) is 23.4 Å². The second kappa shape index (κ2) is 5.05. The van der Waals surface area contributed by atoms with Crippen molar-refractivity contribution in [2.45, 2.75) is 38.6 Å². The number of nitrogens with zero attached hydrogens (tertiary/aromatic N) is 2. The van der Waals surface area contributed by atoms with Gasteiger partial charge in [-0.3, -0.25) is 4.90 Å². The van der Waals surface area contributed by atoms with Crippen molar-refractivity contribution in [2.75, 3.05) is 27.2 Å². The number of allylic oxidation sites excluding steroid dienone is 2. The summed E-state index contributed by atoms with van der Waals surface area (Å²) < 4.78 is 0. The van der Waals surface area contributed by atoms with Crippen molar-refractivity contribution in [3.63, 3.8) is 0 Å². The molecule has 1 fully saturated rings. The molecule has 0 amide bonds. The molecule has 2 heteroatoms. The molecule has 2 nitrogen and oxygen atoms in total. The Bertz CT molecular complexity index is 302. The monoisotopic (exact) mass is 220 g/mol. The zero-order chi connectivity index (χ0) is 11.5.